The van der Waals surface area contributed by atoms with Gasteiger partial charge in [0.2, 0.25) is 11.8 Å². The predicted octanol–water partition coefficient (Wildman–Crippen LogP) is -0.403. The van der Waals surface area contributed by atoms with E-state index >= 15 is 0 Å². The van der Waals surface area contributed by atoms with Crippen molar-refractivity contribution in [2.45, 2.75) is 18.5 Å². The van der Waals surface area contributed by atoms with Crippen LogP contribution >= 0.6 is 0 Å². The molecule has 3 saturated heterocycles. The molecule has 0 spiro atoms. The average molecular weight is 387 g/mol. The molecule has 0 radical (unpaired) electrons. The number of hydrogen-bond acceptors (Lipinski definition) is 6. The topological polar surface area (TPSA) is 77.2 Å². The van der Waals surface area contributed by atoms with Gasteiger partial charge in [-0.3, -0.25) is 14.5 Å². The number of benzene rings is 1. The Morgan fingerprint density at radius 2 is 1.61 bits per heavy atom. The lowest BCUT2D eigenvalue weighted by atomic mass is 10.0. The van der Waals surface area contributed by atoms with Crippen LogP contribution in [0.15, 0.2) is 30.3 Å². The van der Waals surface area contributed by atoms with E-state index in [4.69, 9.17) is 4.74 Å². The van der Waals surface area contributed by atoms with Crippen molar-refractivity contribution in [3.63, 3.8) is 0 Å². The number of nitrogens with one attached hydrogen (secondary N) is 2. The predicted molar refractivity (Wildman–Crippen MR) is 104 cm³/mol. The average Bonchev–Trinajstić information content (AvgIpc) is 3.25. The summed E-state index contributed by atoms with van der Waals surface area (Å²) in [6.45, 7) is 5.88. The highest BCUT2D eigenvalue weighted by Crippen LogP contribution is 2.23. The van der Waals surface area contributed by atoms with Gasteiger partial charge in [0.25, 0.3) is 0 Å². The Morgan fingerprint density at radius 3 is 2.32 bits per heavy atom. The quantitative estimate of drug-likeness (QED) is 0.732. The van der Waals surface area contributed by atoms with Crippen LogP contribution in [0.25, 0.3) is 0 Å². The van der Waals surface area contributed by atoms with E-state index in [2.05, 4.69) is 27.9 Å². The lowest BCUT2D eigenvalue weighted by Gasteiger charge is -2.37. The third-order valence-corrected chi connectivity index (χ3v) is 5.81. The van der Waals surface area contributed by atoms with Crippen molar-refractivity contribution >= 4 is 11.8 Å². The highest BCUT2D eigenvalue weighted by atomic mass is 16.5. The number of morpholine rings is 1. The van der Waals surface area contributed by atoms with Crippen molar-refractivity contribution in [2.24, 2.45) is 0 Å². The minimum absolute atomic E-state index is 0.117. The SMILES string of the molecule is O=C(CN1CCOCC1)N1CCN(C(=O)C2CC(c3ccccc3)NN2)CC1. The molecule has 0 saturated carbocycles. The summed E-state index contributed by atoms with van der Waals surface area (Å²) >= 11 is 0. The highest BCUT2D eigenvalue weighted by Gasteiger charge is 2.34. The van der Waals surface area contributed by atoms with Crippen LogP contribution in [0.3, 0.4) is 0 Å². The maximum atomic E-state index is 12.9. The van der Waals surface area contributed by atoms with Gasteiger partial charge in [0.05, 0.1) is 19.8 Å². The molecule has 152 valence electrons. The molecule has 0 bridgehead atoms. The standard InChI is InChI=1S/C20H29N5O3/c26-19(15-23-10-12-28-13-11-23)24-6-8-25(9-7-24)20(27)18-14-17(21-22-18)16-4-2-1-3-5-16/h1-5,17-18,21-22H,6-15H2. The van der Waals surface area contributed by atoms with Gasteiger partial charge in [-0.05, 0) is 12.0 Å². The van der Waals surface area contributed by atoms with Crippen LogP contribution in [0, 0.1) is 0 Å². The molecule has 1 aromatic carbocycles. The number of hydrogen-bond donors (Lipinski definition) is 2. The van der Waals surface area contributed by atoms with Crippen LogP contribution in [0.2, 0.25) is 0 Å². The maximum absolute atomic E-state index is 12.9. The van der Waals surface area contributed by atoms with Gasteiger partial charge in [0.15, 0.2) is 0 Å². The van der Waals surface area contributed by atoms with E-state index in [1.54, 1.807) is 0 Å². The Labute approximate surface area is 165 Å². The Morgan fingerprint density at radius 1 is 0.929 bits per heavy atom. The van der Waals surface area contributed by atoms with Crippen LogP contribution in [0.5, 0.6) is 0 Å². The first kappa shape index (κ1) is 19.3. The van der Waals surface area contributed by atoms with Crippen LogP contribution < -0.4 is 10.9 Å². The summed E-state index contributed by atoms with van der Waals surface area (Å²) in [5, 5.41) is 0. The molecule has 8 heteroatoms. The number of nitrogens with zero attached hydrogens (tertiary/aromatic N) is 3. The fourth-order valence-electron chi connectivity index (χ4n) is 4.07. The smallest absolute Gasteiger partial charge is 0.241 e. The van der Waals surface area contributed by atoms with Crippen LogP contribution in [-0.4, -0.2) is 91.6 Å². The van der Waals surface area contributed by atoms with E-state index in [0.29, 0.717) is 45.9 Å². The Bertz CT molecular complexity index is 672. The van der Waals surface area contributed by atoms with Crippen molar-refractivity contribution in [2.75, 3.05) is 59.0 Å². The zero-order valence-corrected chi connectivity index (χ0v) is 16.2. The molecule has 3 aliphatic rings. The molecule has 28 heavy (non-hydrogen) atoms. The largest absolute Gasteiger partial charge is 0.379 e. The molecule has 8 nitrogen and oxygen atoms in total. The van der Waals surface area contributed by atoms with Crippen molar-refractivity contribution in [1.82, 2.24) is 25.6 Å². The summed E-state index contributed by atoms with van der Waals surface area (Å²) in [5.41, 5.74) is 7.57. The molecule has 0 aliphatic carbocycles. The number of carbonyl (C=O) groups excluding carboxylic acids is 2. The van der Waals surface area contributed by atoms with Gasteiger partial charge in [-0.25, -0.2) is 10.9 Å². The second kappa shape index (κ2) is 9.00. The molecule has 4 rings (SSSR count). The third kappa shape index (κ3) is 4.52. The number of rotatable bonds is 4. The minimum atomic E-state index is -0.221. The highest BCUT2D eigenvalue weighted by molar-refractivity contribution is 5.83. The van der Waals surface area contributed by atoms with Gasteiger partial charge in [0, 0.05) is 45.3 Å². The van der Waals surface area contributed by atoms with Gasteiger partial charge < -0.3 is 14.5 Å². The normalized spacial score (nSPS) is 26.4. The van der Waals surface area contributed by atoms with E-state index in [1.807, 2.05) is 28.0 Å². The lowest BCUT2D eigenvalue weighted by molar-refractivity contribution is -0.141. The van der Waals surface area contributed by atoms with Crippen LogP contribution in [0.4, 0.5) is 0 Å². The van der Waals surface area contributed by atoms with E-state index in [9.17, 15) is 9.59 Å². The lowest BCUT2D eigenvalue weighted by Crippen LogP contribution is -2.56. The van der Waals surface area contributed by atoms with Crippen LogP contribution in [-0.2, 0) is 14.3 Å². The number of carbonyl (C=O) groups is 2. The maximum Gasteiger partial charge on any atom is 0.241 e. The van der Waals surface area contributed by atoms with Gasteiger partial charge in [-0.1, -0.05) is 30.3 Å². The molecule has 0 aromatic heterocycles. The summed E-state index contributed by atoms with van der Waals surface area (Å²) in [5.74, 6) is 0.269. The fraction of sp³-hybridized carbons (Fsp3) is 0.600. The van der Waals surface area contributed by atoms with Crippen molar-refractivity contribution in [3.8, 4) is 0 Å². The first-order valence-electron chi connectivity index (χ1n) is 10.1. The molecular weight excluding hydrogens is 358 g/mol. The molecule has 1 aromatic rings. The Hall–Kier alpha value is -2.00. The summed E-state index contributed by atoms with van der Waals surface area (Å²) in [6.07, 6.45) is 0.735. The minimum Gasteiger partial charge on any atom is -0.379 e. The summed E-state index contributed by atoms with van der Waals surface area (Å²) in [7, 11) is 0. The summed E-state index contributed by atoms with van der Waals surface area (Å²) in [6, 6.07) is 10.1. The Kier molecular flexibility index (Phi) is 6.21. The molecule has 3 heterocycles. The van der Waals surface area contributed by atoms with Gasteiger partial charge in [0.1, 0.15) is 6.04 Å². The molecule has 2 amide bonds. The van der Waals surface area contributed by atoms with Crippen molar-refractivity contribution in [3.05, 3.63) is 35.9 Å². The van der Waals surface area contributed by atoms with Crippen molar-refractivity contribution < 1.29 is 14.3 Å². The van der Waals surface area contributed by atoms with E-state index in [0.717, 1.165) is 19.5 Å². The monoisotopic (exact) mass is 387 g/mol. The molecular formula is C20H29N5O3. The van der Waals surface area contributed by atoms with E-state index in [-0.39, 0.29) is 23.9 Å². The molecule has 3 aliphatic heterocycles. The van der Waals surface area contributed by atoms with Crippen LogP contribution in [0.1, 0.15) is 18.0 Å². The number of piperazine rings is 1. The van der Waals surface area contributed by atoms with Gasteiger partial charge in [-0.2, -0.15) is 0 Å². The molecule has 2 N–H and O–H groups in total. The number of amides is 2. The summed E-state index contributed by atoms with van der Waals surface area (Å²) in [4.78, 5) is 31.3. The molecule has 2 atom stereocenters. The number of hydrazine groups is 1. The second-order valence-corrected chi connectivity index (χ2v) is 7.63. The first-order chi connectivity index (χ1) is 13.7. The first-order valence-corrected chi connectivity index (χ1v) is 10.1. The molecule has 3 fully saturated rings. The molecule has 2 unspecified atom stereocenters. The zero-order chi connectivity index (χ0) is 19.3. The fourth-order valence-corrected chi connectivity index (χ4v) is 4.07. The zero-order valence-electron chi connectivity index (χ0n) is 16.2. The van der Waals surface area contributed by atoms with Gasteiger partial charge in [-0.15, -0.1) is 0 Å². The Balaban J connectivity index is 1.23. The summed E-state index contributed by atoms with van der Waals surface area (Å²) < 4.78 is 5.33. The number of ether oxygens (including phenoxy) is 1. The van der Waals surface area contributed by atoms with Crippen molar-refractivity contribution in [1.29, 1.82) is 0 Å². The van der Waals surface area contributed by atoms with E-state index < -0.39 is 0 Å². The third-order valence-electron chi connectivity index (χ3n) is 5.81. The van der Waals surface area contributed by atoms with Gasteiger partial charge >= 0.3 is 0 Å². The van der Waals surface area contributed by atoms with E-state index in [1.165, 1.54) is 5.56 Å². The second-order valence-electron chi connectivity index (χ2n) is 7.63.